The van der Waals surface area contributed by atoms with Gasteiger partial charge in [-0.1, -0.05) is 31.5 Å². The van der Waals surface area contributed by atoms with Gasteiger partial charge in [0.25, 0.3) is 0 Å². The van der Waals surface area contributed by atoms with Gasteiger partial charge < -0.3 is 9.64 Å². The molecule has 1 amide bonds. The zero-order valence-corrected chi connectivity index (χ0v) is 14.4. The predicted octanol–water partition coefficient (Wildman–Crippen LogP) is 3.75. The molecule has 2 heterocycles. The molecular formula is C19H28N2O2. The van der Waals surface area contributed by atoms with Crippen LogP contribution in [0.5, 0.6) is 0 Å². The molecular weight excluding hydrogens is 288 g/mol. The third-order valence-electron chi connectivity index (χ3n) is 5.22. The Balaban J connectivity index is 1.76. The first-order valence-electron chi connectivity index (χ1n) is 8.91. The van der Waals surface area contributed by atoms with Crippen LogP contribution < -0.4 is 0 Å². The standard InChI is InChI=1S/C19H28N2O2/c1-3-18-17-8-7-15(14-20-10-5-4-6-11-20)13-16(17)9-12-21(18)19(22)23-2/h7-8,13,18H,3-6,9-12,14H2,1-2H3. The van der Waals surface area contributed by atoms with Gasteiger partial charge >= 0.3 is 6.09 Å². The van der Waals surface area contributed by atoms with Crippen molar-refractivity contribution in [3.63, 3.8) is 0 Å². The largest absolute Gasteiger partial charge is 0.453 e. The lowest BCUT2D eigenvalue weighted by molar-refractivity contribution is 0.0995. The number of ether oxygens (including phenoxy) is 1. The Morgan fingerprint density at radius 1 is 1.22 bits per heavy atom. The molecule has 0 radical (unpaired) electrons. The zero-order chi connectivity index (χ0) is 16.2. The fourth-order valence-electron chi connectivity index (χ4n) is 4.02. The number of carbonyl (C=O) groups excluding carboxylic acids is 1. The van der Waals surface area contributed by atoms with Crippen molar-refractivity contribution in [1.29, 1.82) is 0 Å². The second kappa shape index (κ2) is 7.35. The molecule has 4 nitrogen and oxygen atoms in total. The topological polar surface area (TPSA) is 32.8 Å². The van der Waals surface area contributed by atoms with Crippen LogP contribution in [0.1, 0.15) is 55.3 Å². The smallest absolute Gasteiger partial charge is 0.410 e. The third kappa shape index (κ3) is 3.52. The highest BCUT2D eigenvalue weighted by atomic mass is 16.5. The molecule has 126 valence electrons. The number of amides is 1. The molecule has 1 aromatic rings. The van der Waals surface area contributed by atoms with Gasteiger partial charge in [0.1, 0.15) is 0 Å². The van der Waals surface area contributed by atoms with Crippen molar-refractivity contribution in [2.24, 2.45) is 0 Å². The fourth-order valence-corrected chi connectivity index (χ4v) is 4.02. The summed E-state index contributed by atoms with van der Waals surface area (Å²) in [6, 6.07) is 6.99. The Morgan fingerprint density at radius 2 is 2.00 bits per heavy atom. The molecule has 1 aromatic carbocycles. The van der Waals surface area contributed by atoms with E-state index in [4.69, 9.17) is 4.74 Å². The highest BCUT2D eigenvalue weighted by molar-refractivity contribution is 5.69. The summed E-state index contributed by atoms with van der Waals surface area (Å²) in [6.07, 6.45) is 5.68. The van der Waals surface area contributed by atoms with Gasteiger partial charge in [-0.05, 0) is 55.5 Å². The predicted molar refractivity (Wildman–Crippen MR) is 91.4 cm³/mol. The van der Waals surface area contributed by atoms with Crippen molar-refractivity contribution in [1.82, 2.24) is 9.80 Å². The van der Waals surface area contributed by atoms with Crippen molar-refractivity contribution in [2.45, 2.75) is 51.6 Å². The van der Waals surface area contributed by atoms with Crippen molar-refractivity contribution in [3.8, 4) is 0 Å². The first-order chi connectivity index (χ1) is 11.2. The summed E-state index contributed by atoms with van der Waals surface area (Å²) < 4.78 is 4.94. The van der Waals surface area contributed by atoms with E-state index >= 15 is 0 Å². The second-order valence-corrected chi connectivity index (χ2v) is 6.71. The number of fused-ring (bicyclic) bond motifs is 1. The Labute approximate surface area is 139 Å². The summed E-state index contributed by atoms with van der Waals surface area (Å²) >= 11 is 0. The van der Waals surface area contributed by atoms with Gasteiger partial charge in [0.2, 0.25) is 0 Å². The number of nitrogens with zero attached hydrogens (tertiary/aromatic N) is 2. The molecule has 0 saturated carbocycles. The van der Waals surface area contributed by atoms with Crippen LogP contribution in [0, 0.1) is 0 Å². The molecule has 4 heteroatoms. The second-order valence-electron chi connectivity index (χ2n) is 6.71. The maximum Gasteiger partial charge on any atom is 0.410 e. The van der Waals surface area contributed by atoms with E-state index in [9.17, 15) is 4.79 Å². The summed E-state index contributed by atoms with van der Waals surface area (Å²) in [6.45, 7) is 6.41. The normalized spacial score (nSPS) is 21.8. The number of hydrogen-bond donors (Lipinski definition) is 0. The molecule has 1 fully saturated rings. The van der Waals surface area contributed by atoms with Gasteiger partial charge in [-0.3, -0.25) is 4.90 Å². The zero-order valence-electron chi connectivity index (χ0n) is 14.4. The average molecular weight is 316 g/mol. The van der Waals surface area contributed by atoms with Crippen molar-refractivity contribution >= 4 is 6.09 Å². The molecule has 3 rings (SSSR count). The van der Waals surface area contributed by atoms with Crippen LogP contribution in [-0.2, 0) is 17.7 Å². The van der Waals surface area contributed by atoms with E-state index in [1.54, 1.807) is 0 Å². The summed E-state index contributed by atoms with van der Waals surface area (Å²) in [7, 11) is 1.46. The monoisotopic (exact) mass is 316 g/mol. The van der Waals surface area contributed by atoms with E-state index in [0.717, 1.165) is 25.9 Å². The maximum atomic E-state index is 12.0. The number of hydrogen-bond acceptors (Lipinski definition) is 3. The van der Waals surface area contributed by atoms with Crippen molar-refractivity contribution < 1.29 is 9.53 Å². The van der Waals surface area contributed by atoms with Crippen molar-refractivity contribution in [2.75, 3.05) is 26.7 Å². The SMILES string of the molecule is CCC1c2ccc(CN3CCCCC3)cc2CCN1C(=O)OC. The van der Waals surface area contributed by atoms with E-state index in [0.29, 0.717) is 0 Å². The minimum Gasteiger partial charge on any atom is -0.453 e. The van der Waals surface area contributed by atoms with Gasteiger partial charge in [-0.15, -0.1) is 0 Å². The number of benzene rings is 1. The minimum absolute atomic E-state index is 0.148. The summed E-state index contributed by atoms with van der Waals surface area (Å²) in [5.74, 6) is 0. The Hall–Kier alpha value is -1.55. The molecule has 2 aliphatic heterocycles. The third-order valence-corrected chi connectivity index (χ3v) is 5.22. The number of likely N-dealkylation sites (tertiary alicyclic amines) is 1. The van der Waals surface area contributed by atoms with Gasteiger partial charge in [0.15, 0.2) is 0 Å². The number of rotatable bonds is 3. The van der Waals surface area contributed by atoms with Crippen molar-refractivity contribution in [3.05, 3.63) is 34.9 Å². The highest BCUT2D eigenvalue weighted by Crippen LogP contribution is 2.33. The number of carbonyl (C=O) groups is 1. The van der Waals surface area contributed by atoms with Gasteiger partial charge in [0, 0.05) is 13.1 Å². The molecule has 0 bridgehead atoms. The molecule has 1 unspecified atom stereocenters. The Morgan fingerprint density at radius 3 is 2.70 bits per heavy atom. The molecule has 0 aromatic heterocycles. The molecule has 1 atom stereocenters. The molecule has 0 aliphatic carbocycles. The van der Waals surface area contributed by atoms with E-state index in [1.165, 1.54) is 56.2 Å². The van der Waals surface area contributed by atoms with E-state index < -0.39 is 0 Å². The summed E-state index contributed by atoms with van der Waals surface area (Å²) in [4.78, 5) is 16.4. The Kier molecular flexibility index (Phi) is 5.21. The van der Waals surface area contributed by atoms with Crippen LogP contribution in [0.2, 0.25) is 0 Å². The molecule has 2 aliphatic rings. The number of piperidine rings is 1. The quantitative estimate of drug-likeness (QED) is 0.851. The van der Waals surface area contributed by atoms with E-state index in [1.807, 2.05) is 4.90 Å². The molecule has 23 heavy (non-hydrogen) atoms. The molecule has 0 spiro atoms. The van der Waals surface area contributed by atoms with Crippen LogP contribution >= 0.6 is 0 Å². The lowest BCUT2D eigenvalue weighted by atomic mass is 9.90. The first-order valence-corrected chi connectivity index (χ1v) is 8.91. The molecule has 1 saturated heterocycles. The summed E-state index contributed by atoms with van der Waals surface area (Å²) in [5, 5.41) is 0. The first kappa shape index (κ1) is 16.3. The van der Waals surface area contributed by atoms with Gasteiger partial charge in [-0.2, -0.15) is 0 Å². The van der Waals surface area contributed by atoms with Gasteiger partial charge in [0.05, 0.1) is 13.2 Å². The van der Waals surface area contributed by atoms with Crippen LogP contribution in [0.4, 0.5) is 4.79 Å². The van der Waals surface area contributed by atoms with Crippen LogP contribution in [0.15, 0.2) is 18.2 Å². The lowest BCUT2D eigenvalue weighted by Crippen LogP contribution is -2.39. The summed E-state index contributed by atoms with van der Waals surface area (Å²) in [5.41, 5.74) is 4.12. The highest BCUT2D eigenvalue weighted by Gasteiger charge is 2.30. The van der Waals surface area contributed by atoms with Crippen LogP contribution in [0.25, 0.3) is 0 Å². The van der Waals surface area contributed by atoms with E-state index in [2.05, 4.69) is 30.0 Å². The minimum atomic E-state index is -0.208. The number of methoxy groups -OCH3 is 1. The van der Waals surface area contributed by atoms with Crippen LogP contribution in [0.3, 0.4) is 0 Å². The lowest BCUT2D eigenvalue weighted by Gasteiger charge is -2.36. The maximum absolute atomic E-state index is 12.0. The van der Waals surface area contributed by atoms with Gasteiger partial charge in [-0.25, -0.2) is 4.79 Å². The molecule has 0 N–H and O–H groups in total. The Bertz CT molecular complexity index is 552. The van der Waals surface area contributed by atoms with Crippen LogP contribution in [-0.4, -0.2) is 42.6 Å². The van der Waals surface area contributed by atoms with E-state index in [-0.39, 0.29) is 12.1 Å². The average Bonchev–Trinajstić information content (AvgIpc) is 2.60. The fraction of sp³-hybridized carbons (Fsp3) is 0.632.